The number of hydrogen-bond donors (Lipinski definition) is 3. The van der Waals surface area contributed by atoms with Crippen molar-refractivity contribution < 1.29 is 58.2 Å². The van der Waals surface area contributed by atoms with Gasteiger partial charge in [0.25, 0.3) is 0 Å². The minimum absolute atomic E-state index is 0.0568. The normalized spacial score (nSPS) is 18.1. The second-order valence-corrected chi connectivity index (χ2v) is 22.7. The van der Waals surface area contributed by atoms with Crippen molar-refractivity contribution in [2.45, 2.75) is 340 Å². The molecular weight excluding hydrogens is 1020 g/mol. The fourth-order valence-corrected chi connectivity index (χ4v) is 9.90. The van der Waals surface area contributed by atoms with Crippen molar-refractivity contribution in [3.05, 3.63) is 60.8 Å². The first-order chi connectivity index (χ1) is 39.6. The third kappa shape index (κ3) is 46.5. The molecule has 3 N–H and O–H groups in total. The van der Waals surface area contributed by atoms with Crippen LogP contribution in [0.1, 0.15) is 303 Å². The molecule has 0 amide bonds. The van der Waals surface area contributed by atoms with Gasteiger partial charge in [-0.05, 0) is 103 Å². The standard InChI is InChI=1S/C69H120O12/c1-4-7-10-13-16-19-22-25-27-29-31-33-35-38-40-43-46-49-52-55-61(70)77-58-60(79-62(71)56-53-50-47-44-41-37-24-21-18-15-12-9-6-3)59-78-69-67(65(74)64(73)66(81-69)68(75)76)80-63(72)57-54-51-48-45-42-39-36-34-32-30-28-26-23-20-17-14-11-8-5-2/h12,15-16,19,21,24-28,60,64-67,69,73-74H,4-11,13-14,17-18,20,22-23,29-59H2,1-3H3,(H,75,76)/b15-12-,19-16-,24-21-,27-25-,28-26-. The molecule has 0 aromatic carbocycles. The molecule has 0 aromatic rings. The SMILES string of the molecule is CCC/C=C\C/C=C\CCCCCCCC(=O)OC(COC(=O)CCCCCCCCCCC/C=C\C/C=C\CCCCC)COC1OC(C(=O)O)C(O)C(O)C1OC(=O)CCCCCCCCCCC/C=C\CCCCCCCC. The Kier molecular flexibility index (Phi) is 53.0. The molecule has 0 radical (unpaired) electrons. The van der Waals surface area contributed by atoms with E-state index in [2.05, 4.69) is 81.5 Å². The zero-order valence-electron chi connectivity index (χ0n) is 51.8. The first-order valence-corrected chi connectivity index (χ1v) is 33.3. The highest BCUT2D eigenvalue weighted by Crippen LogP contribution is 2.27. The molecule has 6 unspecified atom stereocenters. The lowest BCUT2D eigenvalue weighted by Crippen LogP contribution is -2.61. The number of carbonyl (C=O) groups excluding carboxylic acids is 3. The van der Waals surface area contributed by atoms with E-state index >= 15 is 0 Å². The zero-order valence-corrected chi connectivity index (χ0v) is 51.8. The third-order valence-corrected chi connectivity index (χ3v) is 15.0. The molecule has 1 fully saturated rings. The van der Waals surface area contributed by atoms with Gasteiger partial charge in [-0.1, -0.05) is 242 Å². The molecular formula is C69H120O12. The van der Waals surface area contributed by atoms with Gasteiger partial charge < -0.3 is 39.0 Å². The second-order valence-electron chi connectivity index (χ2n) is 22.7. The maximum atomic E-state index is 13.2. The minimum atomic E-state index is -1.91. The number of rotatable bonds is 57. The number of hydrogen-bond acceptors (Lipinski definition) is 11. The van der Waals surface area contributed by atoms with Crippen molar-refractivity contribution in [2.24, 2.45) is 0 Å². The van der Waals surface area contributed by atoms with Crippen molar-refractivity contribution in [1.29, 1.82) is 0 Å². The van der Waals surface area contributed by atoms with Gasteiger partial charge in [0.2, 0.25) is 0 Å². The van der Waals surface area contributed by atoms with Gasteiger partial charge in [-0.2, -0.15) is 0 Å². The van der Waals surface area contributed by atoms with Gasteiger partial charge in [0.1, 0.15) is 18.8 Å². The molecule has 0 aromatic heterocycles. The van der Waals surface area contributed by atoms with Gasteiger partial charge in [0, 0.05) is 19.3 Å². The fraction of sp³-hybridized carbons (Fsp3) is 0.797. The Hall–Kier alpha value is -3.58. The molecule has 0 aliphatic carbocycles. The molecule has 1 rings (SSSR count). The first-order valence-electron chi connectivity index (χ1n) is 33.3. The van der Waals surface area contributed by atoms with E-state index in [0.717, 1.165) is 116 Å². The summed E-state index contributed by atoms with van der Waals surface area (Å²) in [6.07, 6.45) is 58.9. The summed E-state index contributed by atoms with van der Waals surface area (Å²) in [5.74, 6) is -3.13. The average Bonchev–Trinajstić information content (AvgIpc) is 3.54. The molecule has 81 heavy (non-hydrogen) atoms. The highest BCUT2D eigenvalue weighted by molar-refractivity contribution is 5.74. The minimum Gasteiger partial charge on any atom is -0.479 e. The Bertz CT molecular complexity index is 1640. The molecule has 1 aliphatic rings. The van der Waals surface area contributed by atoms with E-state index in [4.69, 9.17) is 23.7 Å². The van der Waals surface area contributed by atoms with Crippen LogP contribution in [-0.4, -0.2) is 89.2 Å². The summed E-state index contributed by atoms with van der Waals surface area (Å²) in [5.41, 5.74) is 0. The Morgan fingerprint density at radius 3 is 1.20 bits per heavy atom. The van der Waals surface area contributed by atoms with Gasteiger partial charge in [-0.15, -0.1) is 0 Å². The monoisotopic (exact) mass is 1140 g/mol. The van der Waals surface area contributed by atoms with Crippen LogP contribution in [0.2, 0.25) is 0 Å². The summed E-state index contributed by atoms with van der Waals surface area (Å²) in [6, 6.07) is 0. The van der Waals surface area contributed by atoms with Gasteiger partial charge in [-0.25, -0.2) is 4.79 Å². The van der Waals surface area contributed by atoms with Gasteiger partial charge >= 0.3 is 23.9 Å². The summed E-state index contributed by atoms with van der Waals surface area (Å²) in [5, 5.41) is 31.6. The van der Waals surface area contributed by atoms with Gasteiger partial charge in [0.15, 0.2) is 24.6 Å². The van der Waals surface area contributed by atoms with Gasteiger partial charge in [0.05, 0.1) is 6.61 Å². The zero-order chi connectivity index (χ0) is 58.9. The van der Waals surface area contributed by atoms with E-state index < -0.39 is 67.3 Å². The molecule has 1 heterocycles. The first kappa shape index (κ1) is 75.4. The van der Waals surface area contributed by atoms with Crippen molar-refractivity contribution in [3.8, 4) is 0 Å². The number of carboxylic acids is 1. The summed E-state index contributed by atoms with van der Waals surface area (Å²) in [4.78, 5) is 51.3. The molecule has 1 saturated heterocycles. The Balaban J connectivity index is 2.62. The van der Waals surface area contributed by atoms with E-state index in [1.54, 1.807) is 0 Å². The van der Waals surface area contributed by atoms with Crippen LogP contribution < -0.4 is 0 Å². The van der Waals surface area contributed by atoms with E-state index in [1.165, 1.54) is 128 Å². The smallest absolute Gasteiger partial charge is 0.335 e. The van der Waals surface area contributed by atoms with E-state index in [1.807, 2.05) is 0 Å². The van der Waals surface area contributed by atoms with Crippen molar-refractivity contribution >= 4 is 23.9 Å². The Labute approximate surface area is 494 Å². The number of aliphatic hydroxyl groups excluding tert-OH is 2. The number of esters is 3. The number of unbranched alkanes of at least 4 members (excludes halogenated alkanes) is 33. The molecule has 1 aliphatic heterocycles. The lowest BCUT2D eigenvalue weighted by Gasteiger charge is -2.40. The quantitative estimate of drug-likeness (QED) is 0.0228. The molecule has 0 saturated carbocycles. The number of carboxylic acid groups (broad SMARTS) is 1. The molecule has 12 nitrogen and oxygen atoms in total. The third-order valence-electron chi connectivity index (χ3n) is 15.0. The predicted molar refractivity (Wildman–Crippen MR) is 331 cm³/mol. The molecule has 12 heteroatoms. The van der Waals surface area contributed by atoms with Gasteiger partial charge in [-0.3, -0.25) is 14.4 Å². The fourth-order valence-electron chi connectivity index (χ4n) is 9.90. The molecule has 468 valence electrons. The molecule has 0 bridgehead atoms. The average molecular weight is 1140 g/mol. The summed E-state index contributed by atoms with van der Waals surface area (Å²) in [6.45, 7) is 5.92. The van der Waals surface area contributed by atoms with Crippen LogP contribution in [0.25, 0.3) is 0 Å². The lowest BCUT2D eigenvalue weighted by molar-refractivity contribution is -0.301. The largest absolute Gasteiger partial charge is 0.479 e. The van der Waals surface area contributed by atoms with Crippen LogP contribution in [0.3, 0.4) is 0 Å². The van der Waals surface area contributed by atoms with Crippen LogP contribution >= 0.6 is 0 Å². The number of allylic oxidation sites excluding steroid dienone is 10. The number of carbonyl (C=O) groups is 4. The van der Waals surface area contributed by atoms with Crippen LogP contribution in [0.15, 0.2) is 60.8 Å². The number of aliphatic hydroxyl groups is 2. The summed E-state index contributed by atoms with van der Waals surface area (Å²) < 4.78 is 28.5. The number of ether oxygens (including phenoxy) is 5. The molecule has 6 atom stereocenters. The van der Waals surface area contributed by atoms with Crippen molar-refractivity contribution in [2.75, 3.05) is 13.2 Å². The second kappa shape index (κ2) is 56.9. The van der Waals surface area contributed by atoms with Crippen LogP contribution in [0.5, 0.6) is 0 Å². The summed E-state index contributed by atoms with van der Waals surface area (Å²) in [7, 11) is 0. The van der Waals surface area contributed by atoms with Crippen LogP contribution in [0.4, 0.5) is 0 Å². The van der Waals surface area contributed by atoms with E-state index in [-0.39, 0.29) is 25.9 Å². The summed E-state index contributed by atoms with van der Waals surface area (Å²) >= 11 is 0. The van der Waals surface area contributed by atoms with Crippen molar-refractivity contribution in [1.82, 2.24) is 0 Å². The highest BCUT2D eigenvalue weighted by atomic mass is 16.7. The van der Waals surface area contributed by atoms with E-state index in [9.17, 15) is 34.5 Å². The topological polar surface area (TPSA) is 175 Å². The Morgan fingerprint density at radius 1 is 0.407 bits per heavy atom. The number of aliphatic carboxylic acids is 1. The van der Waals surface area contributed by atoms with Crippen LogP contribution in [-0.2, 0) is 42.9 Å². The Morgan fingerprint density at radius 2 is 0.765 bits per heavy atom. The maximum Gasteiger partial charge on any atom is 0.335 e. The predicted octanol–water partition coefficient (Wildman–Crippen LogP) is 17.9. The maximum absolute atomic E-state index is 13.2. The molecule has 0 spiro atoms. The highest BCUT2D eigenvalue weighted by Gasteiger charge is 2.50. The van der Waals surface area contributed by atoms with E-state index in [0.29, 0.717) is 19.3 Å². The lowest BCUT2D eigenvalue weighted by atomic mass is 9.98. The van der Waals surface area contributed by atoms with Crippen LogP contribution in [0, 0.1) is 0 Å². The van der Waals surface area contributed by atoms with Crippen molar-refractivity contribution in [3.63, 3.8) is 0 Å².